The molecule has 1 aromatic rings. The molecule has 23 heavy (non-hydrogen) atoms. The molecule has 0 saturated heterocycles. The van der Waals surface area contributed by atoms with E-state index in [2.05, 4.69) is 4.72 Å². The van der Waals surface area contributed by atoms with E-state index in [4.69, 9.17) is 10.5 Å². The minimum atomic E-state index is -3.69. The average molecular weight is 348 g/mol. The summed E-state index contributed by atoms with van der Waals surface area (Å²) in [6, 6.07) is 5.13. The third-order valence-corrected chi connectivity index (χ3v) is 5.55. The lowest BCUT2D eigenvalue weighted by molar-refractivity contribution is 0.0819. The van der Waals surface area contributed by atoms with Crippen molar-refractivity contribution >= 4 is 10.0 Å². The summed E-state index contributed by atoms with van der Waals surface area (Å²) in [4.78, 5) is 0.0679. The Balaban J connectivity index is 2.03. The average Bonchev–Trinajstić information content (AvgIpc) is 3.05. The smallest absolute Gasteiger partial charge is 0.272 e. The van der Waals surface area contributed by atoms with E-state index in [0.717, 1.165) is 25.7 Å². The Morgan fingerprint density at radius 1 is 1.22 bits per heavy atom. The van der Waals surface area contributed by atoms with Gasteiger partial charge in [-0.15, -0.1) is 0 Å². The Kier molecular flexibility index (Phi) is 6.32. The summed E-state index contributed by atoms with van der Waals surface area (Å²) in [6.07, 6.45) is 1.57. The van der Waals surface area contributed by atoms with Crippen molar-refractivity contribution in [3.05, 3.63) is 24.3 Å². The molecule has 0 bridgehead atoms. The van der Waals surface area contributed by atoms with E-state index >= 15 is 0 Å². The number of hydrogen-bond acceptors (Lipinski definition) is 4. The first kappa shape index (κ1) is 18.1. The van der Waals surface area contributed by atoms with Crippen molar-refractivity contribution in [2.24, 2.45) is 11.7 Å². The largest absolute Gasteiger partial charge is 0.488 e. The molecule has 0 amide bonds. The molecule has 0 aromatic heterocycles. The molecular formula is C15H22F2N2O3S. The molecule has 5 nitrogen and oxygen atoms in total. The number of sulfonamides is 1. The molecule has 1 aliphatic carbocycles. The van der Waals surface area contributed by atoms with Crippen LogP contribution >= 0.6 is 0 Å². The summed E-state index contributed by atoms with van der Waals surface area (Å²) in [5.41, 5.74) is 5.71. The van der Waals surface area contributed by atoms with Gasteiger partial charge in [-0.05, 0) is 43.0 Å². The summed E-state index contributed by atoms with van der Waals surface area (Å²) >= 11 is 0. The highest BCUT2D eigenvalue weighted by atomic mass is 32.2. The van der Waals surface area contributed by atoms with Gasteiger partial charge in [0.25, 0.3) is 6.43 Å². The van der Waals surface area contributed by atoms with Crippen LogP contribution in [0.3, 0.4) is 0 Å². The van der Waals surface area contributed by atoms with Gasteiger partial charge in [0.2, 0.25) is 10.0 Å². The highest BCUT2D eigenvalue weighted by molar-refractivity contribution is 7.89. The third kappa shape index (κ3) is 5.12. The van der Waals surface area contributed by atoms with Crippen molar-refractivity contribution in [1.29, 1.82) is 0 Å². The van der Waals surface area contributed by atoms with Crippen molar-refractivity contribution in [3.63, 3.8) is 0 Å². The normalized spacial score (nSPS) is 17.6. The Bertz CT molecular complexity index is 587. The fourth-order valence-electron chi connectivity index (χ4n) is 2.84. The van der Waals surface area contributed by atoms with E-state index in [1.807, 2.05) is 0 Å². The van der Waals surface area contributed by atoms with Crippen LogP contribution in [0.4, 0.5) is 8.78 Å². The molecule has 1 fully saturated rings. The van der Waals surface area contributed by atoms with Crippen LogP contribution in [-0.2, 0) is 10.0 Å². The fourth-order valence-corrected chi connectivity index (χ4v) is 4.16. The second kappa shape index (κ2) is 8.03. The van der Waals surface area contributed by atoms with E-state index in [-0.39, 0.29) is 29.1 Å². The zero-order chi connectivity index (χ0) is 16.9. The van der Waals surface area contributed by atoms with Crippen LogP contribution in [-0.4, -0.2) is 34.0 Å². The minimum absolute atomic E-state index is 0.0679. The first-order chi connectivity index (χ1) is 10.9. The van der Waals surface area contributed by atoms with Gasteiger partial charge in [-0.3, -0.25) is 0 Å². The van der Waals surface area contributed by atoms with Gasteiger partial charge in [0, 0.05) is 12.6 Å². The van der Waals surface area contributed by atoms with E-state index in [1.165, 1.54) is 24.3 Å². The zero-order valence-electron chi connectivity index (χ0n) is 12.8. The first-order valence-corrected chi connectivity index (χ1v) is 9.14. The van der Waals surface area contributed by atoms with E-state index in [9.17, 15) is 17.2 Å². The number of halogens is 2. The topological polar surface area (TPSA) is 81.4 Å². The van der Waals surface area contributed by atoms with E-state index in [1.54, 1.807) is 0 Å². The summed E-state index contributed by atoms with van der Waals surface area (Å²) in [5, 5.41) is 0. The van der Waals surface area contributed by atoms with Crippen molar-refractivity contribution in [2.45, 2.75) is 43.0 Å². The predicted octanol–water partition coefficient (Wildman–Crippen LogP) is 2.13. The second-order valence-corrected chi connectivity index (χ2v) is 7.40. The third-order valence-electron chi connectivity index (χ3n) is 4.04. The maximum atomic E-state index is 12.4. The molecule has 0 heterocycles. The van der Waals surface area contributed by atoms with Crippen molar-refractivity contribution in [3.8, 4) is 5.75 Å². The highest BCUT2D eigenvalue weighted by Crippen LogP contribution is 2.28. The molecule has 1 saturated carbocycles. The molecule has 2 rings (SSSR count). The predicted molar refractivity (Wildman–Crippen MR) is 83.1 cm³/mol. The molecule has 130 valence electrons. The van der Waals surface area contributed by atoms with Crippen LogP contribution in [0.25, 0.3) is 0 Å². The lowest BCUT2D eigenvalue weighted by atomic mass is 9.99. The number of nitrogens with one attached hydrogen (secondary N) is 1. The van der Waals surface area contributed by atoms with Crippen LogP contribution < -0.4 is 15.2 Å². The van der Waals surface area contributed by atoms with Crippen molar-refractivity contribution in [1.82, 2.24) is 4.72 Å². The zero-order valence-corrected chi connectivity index (χ0v) is 13.6. The summed E-state index contributed by atoms with van der Waals surface area (Å²) in [7, 11) is -3.69. The van der Waals surface area contributed by atoms with E-state index in [0.29, 0.717) is 0 Å². The number of nitrogens with two attached hydrogens (primary N) is 1. The molecule has 8 heteroatoms. The van der Waals surface area contributed by atoms with Crippen LogP contribution in [0.5, 0.6) is 5.75 Å². The summed E-state index contributed by atoms with van der Waals surface area (Å²) in [5.74, 6) is 0.471. The molecule has 1 atom stereocenters. The Morgan fingerprint density at radius 2 is 1.83 bits per heavy atom. The molecular weight excluding hydrogens is 326 g/mol. The van der Waals surface area contributed by atoms with Crippen LogP contribution in [0.2, 0.25) is 0 Å². The summed E-state index contributed by atoms with van der Waals surface area (Å²) < 4.78 is 56.5. The fraction of sp³-hybridized carbons (Fsp3) is 0.600. The maximum absolute atomic E-state index is 12.4. The highest BCUT2D eigenvalue weighted by Gasteiger charge is 2.28. The van der Waals surface area contributed by atoms with Gasteiger partial charge in [0.15, 0.2) is 0 Å². The maximum Gasteiger partial charge on any atom is 0.272 e. The van der Waals surface area contributed by atoms with Gasteiger partial charge in [-0.1, -0.05) is 12.8 Å². The van der Waals surface area contributed by atoms with Crippen LogP contribution in [0, 0.1) is 5.92 Å². The Morgan fingerprint density at radius 3 is 2.35 bits per heavy atom. The molecule has 1 aromatic carbocycles. The van der Waals surface area contributed by atoms with Crippen LogP contribution in [0.15, 0.2) is 29.2 Å². The lowest BCUT2D eigenvalue weighted by Gasteiger charge is -2.23. The number of ether oxygens (including phenoxy) is 1. The standard InChI is InChI=1S/C15H22F2N2O3S/c16-15(17)10-22-12-5-7-13(8-6-12)23(20,21)19-14(9-18)11-3-1-2-4-11/h5-8,11,14-15,19H,1-4,9-10,18H2. The Hall–Kier alpha value is -1.25. The Labute approximate surface area is 135 Å². The molecule has 0 spiro atoms. The second-order valence-electron chi connectivity index (χ2n) is 5.68. The molecule has 1 unspecified atom stereocenters. The van der Waals surface area contributed by atoms with Gasteiger partial charge in [0.1, 0.15) is 12.4 Å². The van der Waals surface area contributed by atoms with Gasteiger partial charge in [-0.25, -0.2) is 21.9 Å². The van der Waals surface area contributed by atoms with Gasteiger partial charge >= 0.3 is 0 Å². The van der Waals surface area contributed by atoms with Crippen LogP contribution in [0.1, 0.15) is 25.7 Å². The molecule has 0 aliphatic heterocycles. The van der Waals surface area contributed by atoms with Gasteiger partial charge < -0.3 is 10.5 Å². The number of benzene rings is 1. The summed E-state index contributed by atoms with van der Waals surface area (Å²) in [6.45, 7) is -0.471. The van der Waals surface area contributed by atoms with Gasteiger partial charge in [-0.2, -0.15) is 0 Å². The van der Waals surface area contributed by atoms with Crippen molar-refractivity contribution < 1.29 is 21.9 Å². The quantitative estimate of drug-likeness (QED) is 0.754. The number of rotatable bonds is 8. The number of alkyl halides is 2. The molecule has 1 aliphatic rings. The van der Waals surface area contributed by atoms with Gasteiger partial charge in [0.05, 0.1) is 4.90 Å². The SMILES string of the molecule is NCC(NS(=O)(=O)c1ccc(OCC(F)F)cc1)C1CCCC1. The van der Waals surface area contributed by atoms with Crippen molar-refractivity contribution in [2.75, 3.05) is 13.2 Å². The lowest BCUT2D eigenvalue weighted by Crippen LogP contribution is -2.44. The van der Waals surface area contributed by atoms with E-state index < -0.39 is 23.1 Å². The monoisotopic (exact) mass is 348 g/mol. The molecule has 0 radical (unpaired) electrons. The number of hydrogen-bond donors (Lipinski definition) is 2. The minimum Gasteiger partial charge on any atom is -0.488 e. The molecule has 3 N–H and O–H groups in total. The first-order valence-electron chi connectivity index (χ1n) is 7.66.